The molecule has 2 nitrogen and oxygen atoms in total. The average molecular weight is 421 g/mol. The average Bonchev–Trinajstić information content (AvgIpc) is 3.58. The molecular weight excluding hydrogens is 384 g/mol. The second-order valence-corrected chi connectivity index (χ2v) is 13.3. The highest BCUT2D eigenvalue weighted by Crippen LogP contribution is 2.39. The van der Waals surface area contributed by atoms with Crippen LogP contribution < -0.4 is 10.4 Å². The van der Waals surface area contributed by atoms with Gasteiger partial charge >= 0.3 is 0 Å². The van der Waals surface area contributed by atoms with Gasteiger partial charge in [-0.25, -0.2) is 0 Å². The highest BCUT2D eigenvalue weighted by atomic mass is 28.4. The molecule has 0 amide bonds. The van der Waals surface area contributed by atoms with Gasteiger partial charge in [0.15, 0.2) is 0 Å². The van der Waals surface area contributed by atoms with Crippen molar-refractivity contribution in [2.24, 2.45) is 0 Å². The fourth-order valence-electron chi connectivity index (χ4n) is 4.13. The lowest BCUT2D eigenvalue weighted by Gasteiger charge is -2.45. The molecule has 1 heterocycles. The van der Waals surface area contributed by atoms with Crippen LogP contribution in [0.15, 0.2) is 85.0 Å². The second-order valence-electron chi connectivity index (χ2n) is 9.01. The molecule has 0 unspecified atom stereocenters. The van der Waals surface area contributed by atoms with E-state index in [0.29, 0.717) is 0 Å². The molecule has 2 atom stereocenters. The minimum atomic E-state index is -2.54. The number of epoxide rings is 1. The summed E-state index contributed by atoms with van der Waals surface area (Å²) in [5, 5.41) is 2.63. The summed E-state index contributed by atoms with van der Waals surface area (Å²) in [7, 11) is -2.54. The maximum absolute atomic E-state index is 7.27. The van der Waals surface area contributed by atoms with Gasteiger partial charge in [0.05, 0.1) is 12.7 Å². The van der Waals surface area contributed by atoms with E-state index < -0.39 is 8.32 Å². The number of hydrogen-bond acceptors (Lipinski definition) is 2. The standard InChI is InChI=1S/C27H36O2Si/c1-5-6-7-8-9-16-21-25(26-22-28-26)29-30(27(2,3)4,23-17-12-10-13-18-23)24-19-14-11-15-20-24/h6-7,9-20,25-26H,5,8,21-22H2,1-4H3/b7-6+,16-9-/t25-,26-/m1/s1. The third kappa shape index (κ3) is 5.40. The summed E-state index contributed by atoms with van der Waals surface area (Å²) in [5.41, 5.74) is 0. The van der Waals surface area contributed by atoms with Crippen molar-refractivity contribution in [2.75, 3.05) is 6.61 Å². The minimum absolute atomic E-state index is 0.0174. The number of ether oxygens (including phenoxy) is 1. The predicted octanol–water partition coefficient (Wildman–Crippen LogP) is 5.63. The molecule has 1 saturated heterocycles. The highest BCUT2D eigenvalue weighted by molar-refractivity contribution is 6.99. The summed E-state index contributed by atoms with van der Waals surface area (Å²) in [6, 6.07) is 21.7. The Morgan fingerprint density at radius 1 is 0.933 bits per heavy atom. The van der Waals surface area contributed by atoms with Crippen LogP contribution >= 0.6 is 0 Å². The third-order valence-electron chi connectivity index (χ3n) is 5.73. The fraction of sp³-hybridized carbons (Fsp3) is 0.407. The van der Waals surface area contributed by atoms with Crippen LogP contribution in [0.2, 0.25) is 5.04 Å². The maximum atomic E-state index is 7.27. The van der Waals surface area contributed by atoms with Crippen LogP contribution in [0.3, 0.4) is 0 Å². The van der Waals surface area contributed by atoms with Gasteiger partial charge in [-0.1, -0.05) is 113 Å². The number of benzene rings is 2. The molecule has 0 radical (unpaired) electrons. The molecule has 30 heavy (non-hydrogen) atoms. The first-order chi connectivity index (χ1) is 14.5. The summed E-state index contributed by atoms with van der Waals surface area (Å²) in [6.45, 7) is 9.95. The maximum Gasteiger partial charge on any atom is 0.261 e. The Balaban J connectivity index is 1.96. The third-order valence-corrected chi connectivity index (χ3v) is 10.8. The zero-order chi connectivity index (χ0) is 21.5. The normalized spacial score (nSPS) is 18.2. The van der Waals surface area contributed by atoms with E-state index in [9.17, 15) is 0 Å². The van der Waals surface area contributed by atoms with Gasteiger partial charge in [0.1, 0.15) is 6.10 Å². The Labute approximate surface area is 183 Å². The zero-order valence-corrected chi connectivity index (χ0v) is 19.9. The van der Waals surface area contributed by atoms with Crippen LogP contribution in [0.5, 0.6) is 0 Å². The van der Waals surface area contributed by atoms with Gasteiger partial charge in [0.25, 0.3) is 8.32 Å². The monoisotopic (exact) mass is 420 g/mol. The Morgan fingerprint density at radius 2 is 1.47 bits per heavy atom. The van der Waals surface area contributed by atoms with E-state index in [1.54, 1.807) is 0 Å². The van der Waals surface area contributed by atoms with Crippen LogP contribution in [-0.4, -0.2) is 27.1 Å². The van der Waals surface area contributed by atoms with Crippen molar-refractivity contribution in [1.82, 2.24) is 0 Å². The quantitative estimate of drug-likeness (QED) is 0.282. The van der Waals surface area contributed by atoms with Crippen molar-refractivity contribution in [3.63, 3.8) is 0 Å². The molecule has 0 N–H and O–H groups in total. The molecule has 0 aromatic heterocycles. The molecule has 1 aliphatic heterocycles. The molecule has 1 aliphatic rings. The second kappa shape index (κ2) is 10.4. The van der Waals surface area contributed by atoms with Gasteiger partial charge in [0.2, 0.25) is 0 Å². The van der Waals surface area contributed by atoms with E-state index in [2.05, 4.69) is 113 Å². The molecule has 2 aromatic carbocycles. The van der Waals surface area contributed by atoms with E-state index >= 15 is 0 Å². The lowest BCUT2D eigenvalue weighted by atomic mass is 10.2. The summed E-state index contributed by atoms with van der Waals surface area (Å²) < 4.78 is 13.0. The van der Waals surface area contributed by atoms with Crippen LogP contribution in [0.1, 0.15) is 47.0 Å². The van der Waals surface area contributed by atoms with Gasteiger partial charge in [-0.2, -0.15) is 0 Å². The molecule has 3 rings (SSSR count). The summed E-state index contributed by atoms with van der Waals surface area (Å²) >= 11 is 0. The van der Waals surface area contributed by atoms with E-state index in [1.807, 2.05) is 0 Å². The SMILES string of the molecule is CC/C=C/C/C=C\C[C@@H](O[Si](c1ccccc1)(c1ccccc1)C(C)(C)C)[C@H]1CO1. The van der Waals surface area contributed by atoms with Crippen LogP contribution in [-0.2, 0) is 9.16 Å². The van der Waals surface area contributed by atoms with E-state index in [4.69, 9.17) is 9.16 Å². The Kier molecular flexibility index (Phi) is 7.87. The van der Waals surface area contributed by atoms with Gasteiger partial charge in [-0.05, 0) is 34.7 Å². The number of hydrogen-bond donors (Lipinski definition) is 0. The molecule has 0 aliphatic carbocycles. The molecule has 0 spiro atoms. The van der Waals surface area contributed by atoms with Gasteiger partial charge in [-0.15, -0.1) is 0 Å². The largest absolute Gasteiger partial charge is 0.401 e. The molecular formula is C27H36O2Si. The van der Waals surface area contributed by atoms with Crippen LogP contribution in [0, 0.1) is 0 Å². The smallest absolute Gasteiger partial charge is 0.261 e. The highest BCUT2D eigenvalue weighted by Gasteiger charge is 2.53. The van der Waals surface area contributed by atoms with E-state index in [1.165, 1.54) is 10.4 Å². The van der Waals surface area contributed by atoms with Crippen molar-refractivity contribution in [1.29, 1.82) is 0 Å². The first-order valence-electron chi connectivity index (χ1n) is 11.2. The minimum Gasteiger partial charge on any atom is -0.401 e. The molecule has 1 fully saturated rings. The van der Waals surface area contributed by atoms with Gasteiger partial charge < -0.3 is 9.16 Å². The summed E-state index contributed by atoms with van der Waals surface area (Å²) in [4.78, 5) is 0. The van der Waals surface area contributed by atoms with Crippen molar-refractivity contribution in [2.45, 2.75) is 64.2 Å². The van der Waals surface area contributed by atoms with E-state index in [-0.39, 0.29) is 17.2 Å². The van der Waals surface area contributed by atoms with Crippen LogP contribution in [0.25, 0.3) is 0 Å². The molecule has 0 bridgehead atoms. The number of rotatable bonds is 10. The molecule has 160 valence electrons. The van der Waals surface area contributed by atoms with Crippen molar-refractivity contribution < 1.29 is 9.16 Å². The van der Waals surface area contributed by atoms with Crippen LogP contribution in [0.4, 0.5) is 0 Å². The Hall–Kier alpha value is -1.94. The summed E-state index contributed by atoms with van der Waals surface area (Å²) in [6.07, 6.45) is 12.2. The Bertz CT molecular complexity index is 777. The van der Waals surface area contributed by atoms with Crippen molar-refractivity contribution in [3.8, 4) is 0 Å². The lowest BCUT2D eigenvalue weighted by Crippen LogP contribution is -2.68. The van der Waals surface area contributed by atoms with Crippen molar-refractivity contribution >= 4 is 18.7 Å². The van der Waals surface area contributed by atoms with Gasteiger partial charge in [0, 0.05) is 0 Å². The zero-order valence-electron chi connectivity index (χ0n) is 18.9. The first kappa shape index (κ1) is 22.7. The first-order valence-corrected chi connectivity index (χ1v) is 13.1. The molecule has 3 heteroatoms. The van der Waals surface area contributed by atoms with Crippen molar-refractivity contribution in [3.05, 3.63) is 85.0 Å². The molecule has 2 aromatic rings. The lowest BCUT2D eigenvalue weighted by molar-refractivity contribution is 0.150. The topological polar surface area (TPSA) is 21.8 Å². The number of allylic oxidation sites excluding steroid dienone is 3. The van der Waals surface area contributed by atoms with Gasteiger partial charge in [-0.3, -0.25) is 0 Å². The Morgan fingerprint density at radius 3 is 1.93 bits per heavy atom. The molecule has 0 saturated carbocycles. The fourth-order valence-corrected chi connectivity index (χ4v) is 8.85. The van der Waals surface area contributed by atoms with E-state index in [0.717, 1.165) is 25.9 Å². The predicted molar refractivity (Wildman–Crippen MR) is 130 cm³/mol. The summed E-state index contributed by atoms with van der Waals surface area (Å²) in [5.74, 6) is 0.